The lowest BCUT2D eigenvalue weighted by Crippen LogP contribution is -2.29. The molecule has 3 aromatic rings. The van der Waals surface area contributed by atoms with Crippen LogP contribution in [0.15, 0.2) is 16.7 Å². The van der Waals surface area contributed by atoms with Crippen molar-refractivity contribution in [3.8, 4) is 23.0 Å². The summed E-state index contributed by atoms with van der Waals surface area (Å²) < 4.78 is 7.57. The van der Waals surface area contributed by atoms with Crippen LogP contribution in [-0.4, -0.2) is 43.4 Å². The second kappa shape index (κ2) is 9.04. The molecule has 0 saturated heterocycles. The molecule has 1 aliphatic carbocycles. The van der Waals surface area contributed by atoms with Crippen LogP contribution < -0.4 is 5.32 Å². The van der Waals surface area contributed by atoms with E-state index in [1.165, 1.54) is 11.3 Å². The van der Waals surface area contributed by atoms with Gasteiger partial charge in [-0.1, -0.05) is 19.0 Å². The van der Waals surface area contributed by atoms with Crippen LogP contribution in [0.25, 0.3) is 23.0 Å². The minimum Gasteiger partial charge on any atom is -0.480 e. The van der Waals surface area contributed by atoms with E-state index in [4.69, 9.17) is 14.7 Å². The van der Waals surface area contributed by atoms with Gasteiger partial charge in [-0.25, -0.2) is 0 Å². The second-order valence-electron chi connectivity index (χ2n) is 9.92. The van der Waals surface area contributed by atoms with Gasteiger partial charge in [-0.3, -0.25) is 14.3 Å². The number of carbonyl (C=O) groups excluding carboxylic acids is 1. The zero-order chi connectivity index (χ0) is 24.6. The standard InChI is InChI=1S/C25H31N5O4/c1-14-10-16(11-15(2)17(14)6-7-20(31)26-13-21(32)33)23-27-24(34-29-23)22-18-8-9-25(3,4)12-19(18)30(5)28-22/h10-11H,6-9,12-13H2,1-5H3,(H,26,31)(H,32,33). The number of amides is 1. The smallest absolute Gasteiger partial charge is 0.322 e. The number of aromatic nitrogens is 4. The van der Waals surface area contributed by atoms with Crippen LogP contribution in [0.1, 0.15) is 54.6 Å². The Morgan fingerprint density at radius 2 is 1.94 bits per heavy atom. The van der Waals surface area contributed by atoms with Gasteiger partial charge in [0.05, 0.1) is 0 Å². The number of aryl methyl sites for hydroxylation is 3. The molecule has 34 heavy (non-hydrogen) atoms. The summed E-state index contributed by atoms with van der Waals surface area (Å²) in [7, 11) is 1.97. The number of rotatable bonds is 7. The van der Waals surface area contributed by atoms with Crippen molar-refractivity contribution in [3.63, 3.8) is 0 Å². The largest absolute Gasteiger partial charge is 0.480 e. The van der Waals surface area contributed by atoms with E-state index in [0.717, 1.165) is 47.2 Å². The van der Waals surface area contributed by atoms with E-state index in [1.54, 1.807) is 0 Å². The van der Waals surface area contributed by atoms with Crippen molar-refractivity contribution < 1.29 is 19.2 Å². The number of hydrogen-bond acceptors (Lipinski definition) is 6. The molecule has 0 bridgehead atoms. The Hall–Kier alpha value is -3.49. The molecule has 2 aromatic heterocycles. The Bertz CT molecular complexity index is 1230. The quantitative estimate of drug-likeness (QED) is 0.548. The predicted octanol–water partition coefficient (Wildman–Crippen LogP) is 3.40. The second-order valence-corrected chi connectivity index (χ2v) is 9.92. The van der Waals surface area contributed by atoms with Crippen LogP contribution in [-0.2, 0) is 35.9 Å². The van der Waals surface area contributed by atoms with Gasteiger partial charge in [0.1, 0.15) is 6.54 Å². The Morgan fingerprint density at radius 3 is 2.62 bits per heavy atom. The molecule has 0 fully saturated rings. The molecule has 0 radical (unpaired) electrons. The first-order valence-electron chi connectivity index (χ1n) is 11.5. The van der Waals surface area contributed by atoms with Crippen molar-refractivity contribution in [2.24, 2.45) is 12.5 Å². The van der Waals surface area contributed by atoms with Crippen molar-refractivity contribution in [1.29, 1.82) is 0 Å². The van der Waals surface area contributed by atoms with E-state index < -0.39 is 5.97 Å². The van der Waals surface area contributed by atoms with Gasteiger partial charge >= 0.3 is 5.97 Å². The number of hydrogen-bond donors (Lipinski definition) is 2. The molecule has 0 atom stereocenters. The summed E-state index contributed by atoms with van der Waals surface area (Å²) in [6, 6.07) is 3.98. The number of nitrogens with zero attached hydrogens (tertiary/aromatic N) is 4. The third-order valence-corrected chi connectivity index (χ3v) is 6.59. The molecule has 9 nitrogen and oxygen atoms in total. The molecule has 2 heterocycles. The highest BCUT2D eigenvalue weighted by molar-refractivity contribution is 5.81. The van der Waals surface area contributed by atoms with E-state index >= 15 is 0 Å². The lowest BCUT2D eigenvalue weighted by Gasteiger charge is -2.29. The number of carboxylic acid groups (broad SMARTS) is 1. The average Bonchev–Trinajstić information content (AvgIpc) is 3.36. The van der Waals surface area contributed by atoms with Gasteiger partial charge in [-0.2, -0.15) is 10.1 Å². The number of fused-ring (bicyclic) bond motifs is 1. The van der Waals surface area contributed by atoms with E-state index in [1.807, 2.05) is 37.7 Å². The maximum atomic E-state index is 11.9. The summed E-state index contributed by atoms with van der Waals surface area (Å²) >= 11 is 0. The Kier molecular flexibility index (Phi) is 6.29. The first-order chi connectivity index (χ1) is 16.0. The van der Waals surface area contributed by atoms with Gasteiger partial charge in [-0.05, 0) is 73.8 Å². The Balaban J connectivity index is 1.53. The number of benzene rings is 1. The molecule has 180 valence electrons. The highest BCUT2D eigenvalue weighted by atomic mass is 16.5. The molecule has 1 aliphatic rings. The predicted molar refractivity (Wildman–Crippen MR) is 126 cm³/mol. The molecule has 1 aromatic carbocycles. The maximum absolute atomic E-state index is 11.9. The van der Waals surface area contributed by atoms with Gasteiger partial charge in [0.2, 0.25) is 11.7 Å². The number of aliphatic carboxylic acids is 1. The monoisotopic (exact) mass is 465 g/mol. The van der Waals surface area contributed by atoms with Crippen LogP contribution in [0.4, 0.5) is 0 Å². The van der Waals surface area contributed by atoms with Crippen molar-refractivity contribution in [3.05, 3.63) is 40.1 Å². The lowest BCUT2D eigenvalue weighted by molar-refractivity contribution is -0.137. The highest BCUT2D eigenvalue weighted by Crippen LogP contribution is 2.38. The summed E-state index contributed by atoms with van der Waals surface area (Å²) in [6.45, 7) is 8.17. The fourth-order valence-electron chi connectivity index (χ4n) is 4.72. The summed E-state index contributed by atoms with van der Waals surface area (Å²) in [5, 5.41) is 20.0. The first-order valence-corrected chi connectivity index (χ1v) is 11.5. The Labute approximate surface area is 198 Å². The van der Waals surface area contributed by atoms with Gasteiger partial charge < -0.3 is 14.9 Å². The lowest BCUT2D eigenvalue weighted by atomic mass is 9.76. The topological polar surface area (TPSA) is 123 Å². The van der Waals surface area contributed by atoms with E-state index in [2.05, 4.69) is 29.3 Å². The van der Waals surface area contributed by atoms with Crippen LogP contribution in [0, 0.1) is 19.3 Å². The molecule has 0 unspecified atom stereocenters. The van der Waals surface area contributed by atoms with Gasteiger partial charge in [0.15, 0.2) is 5.69 Å². The van der Waals surface area contributed by atoms with Crippen molar-refractivity contribution in [2.75, 3.05) is 6.54 Å². The molecular formula is C25H31N5O4. The SMILES string of the molecule is Cc1cc(-c2noc(-c3nn(C)c4c3CCC(C)(C)C4)n2)cc(C)c1CCC(=O)NCC(=O)O. The minimum atomic E-state index is -1.06. The van der Waals surface area contributed by atoms with Crippen LogP contribution in [0.5, 0.6) is 0 Å². The summed E-state index contributed by atoms with van der Waals surface area (Å²) in [4.78, 5) is 27.2. The molecule has 1 amide bonds. The zero-order valence-corrected chi connectivity index (χ0v) is 20.4. The van der Waals surface area contributed by atoms with Crippen molar-refractivity contribution in [1.82, 2.24) is 25.2 Å². The fraction of sp³-hybridized carbons (Fsp3) is 0.480. The van der Waals surface area contributed by atoms with E-state index in [-0.39, 0.29) is 24.3 Å². The summed E-state index contributed by atoms with van der Waals surface area (Å²) in [5.41, 5.74) is 7.38. The third-order valence-electron chi connectivity index (χ3n) is 6.59. The molecule has 2 N–H and O–H groups in total. The van der Waals surface area contributed by atoms with Gasteiger partial charge in [0.25, 0.3) is 5.89 Å². The highest BCUT2D eigenvalue weighted by Gasteiger charge is 2.32. The van der Waals surface area contributed by atoms with Crippen molar-refractivity contribution >= 4 is 11.9 Å². The third kappa shape index (κ3) is 4.88. The Morgan fingerprint density at radius 1 is 1.24 bits per heavy atom. The van der Waals surface area contributed by atoms with E-state index in [0.29, 0.717) is 18.1 Å². The molecular weight excluding hydrogens is 434 g/mol. The maximum Gasteiger partial charge on any atom is 0.322 e. The summed E-state index contributed by atoms with van der Waals surface area (Å²) in [6.07, 6.45) is 3.75. The number of carboxylic acids is 1. The number of carbonyl (C=O) groups is 2. The van der Waals surface area contributed by atoms with Crippen LogP contribution in [0.3, 0.4) is 0 Å². The first kappa shape index (κ1) is 23.7. The molecule has 9 heteroatoms. The zero-order valence-electron chi connectivity index (χ0n) is 20.4. The molecule has 0 aliphatic heterocycles. The van der Waals surface area contributed by atoms with E-state index in [9.17, 15) is 9.59 Å². The average molecular weight is 466 g/mol. The summed E-state index contributed by atoms with van der Waals surface area (Å²) in [5.74, 6) is -0.404. The molecule has 0 saturated carbocycles. The van der Waals surface area contributed by atoms with Crippen LogP contribution >= 0.6 is 0 Å². The molecule has 4 rings (SSSR count). The minimum absolute atomic E-state index is 0.224. The van der Waals surface area contributed by atoms with Crippen molar-refractivity contribution in [2.45, 2.75) is 59.8 Å². The van der Waals surface area contributed by atoms with Crippen LogP contribution in [0.2, 0.25) is 0 Å². The normalized spacial score (nSPS) is 14.6. The van der Waals surface area contributed by atoms with Gasteiger partial charge in [-0.15, -0.1) is 0 Å². The molecule has 0 spiro atoms. The van der Waals surface area contributed by atoms with Gasteiger partial charge in [0, 0.05) is 30.3 Å². The number of nitrogens with one attached hydrogen (secondary N) is 1. The fourth-order valence-corrected chi connectivity index (χ4v) is 4.72.